The summed E-state index contributed by atoms with van der Waals surface area (Å²) in [5, 5.41) is 0. The molecule has 86 valence electrons. The lowest BCUT2D eigenvalue weighted by atomic mass is 10.2. The first-order chi connectivity index (χ1) is 6.13. The van der Waals surface area contributed by atoms with Crippen molar-refractivity contribution in [3.05, 3.63) is 0 Å². The largest absolute Gasteiger partial charge is 0.342 e. The third-order valence-electron chi connectivity index (χ3n) is 1.63. The summed E-state index contributed by atoms with van der Waals surface area (Å²) >= 11 is 0. The zero-order valence-corrected chi connectivity index (χ0v) is 9.27. The van der Waals surface area contributed by atoms with Crippen molar-refractivity contribution in [3.63, 3.8) is 0 Å². The van der Waals surface area contributed by atoms with Crippen LogP contribution >= 0.6 is 15.2 Å². The van der Waals surface area contributed by atoms with Gasteiger partial charge in [0.1, 0.15) is 5.78 Å². The number of hydrogen-bond acceptors (Lipinski definition) is 3. The van der Waals surface area contributed by atoms with Gasteiger partial charge in [-0.15, -0.1) is 0 Å². The number of rotatable bonds is 6. The molecule has 0 rings (SSSR count). The van der Waals surface area contributed by atoms with Gasteiger partial charge in [-0.05, 0) is 12.8 Å². The molecule has 6 N–H and O–H groups in total. The van der Waals surface area contributed by atoms with E-state index in [1.54, 1.807) is 0 Å². The summed E-state index contributed by atoms with van der Waals surface area (Å²) in [6.45, 7) is 0. The molecule has 0 aliphatic heterocycles. The van der Waals surface area contributed by atoms with E-state index >= 15 is 0 Å². The van der Waals surface area contributed by atoms with Crippen molar-refractivity contribution in [2.45, 2.75) is 25.0 Å². The van der Waals surface area contributed by atoms with E-state index < -0.39 is 21.0 Å². The molecule has 7 nitrogen and oxygen atoms in total. The second-order valence-electron chi connectivity index (χ2n) is 3.04. The molecule has 0 aromatic carbocycles. The van der Waals surface area contributed by atoms with E-state index in [2.05, 4.69) is 0 Å². The predicted octanol–water partition coefficient (Wildman–Crippen LogP) is -0.203. The van der Waals surface area contributed by atoms with E-state index in [-0.39, 0.29) is 25.4 Å². The van der Waals surface area contributed by atoms with Gasteiger partial charge in [0.2, 0.25) is 0 Å². The highest BCUT2D eigenvalue weighted by molar-refractivity contribution is 7.52. The van der Waals surface area contributed by atoms with Crippen LogP contribution in [0.5, 0.6) is 0 Å². The molecule has 0 aromatic heterocycles. The topological polar surface area (TPSA) is 141 Å². The minimum Gasteiger partial charge on any atom is -0.324 e. The van der Waals surface area contributed by atoms with Gasteiger partial charge < -0.3 is 25.3 Å². The van der Waals surface area contributed by atoms with Gasteiger partial charge in [0.05, 0.1) is 0 Å². The standard InChI is InChI=1S/C5H15NO6P2/c6-5(14(10,11)12)3-1-2-4-13(7,8)9/h5H,1-4,6H2,(H2,7,8,9)(H2,10,11,12). The van der Waals surface area contributed by atoms with Gasteiger partial charge in [0, 0.05) is 6.16 Å². The summed E-state index contributed by atoms with van der Waals surface area (Å²) < 4.78 is 20.9. The summed E-state index contributed by atoms with van der Waals surface area (Å²) in [6, 6.07) is 0. The molecule has 0 amide bonds. The van der Waals surface area contributed by atoms with Crippen molar-refractivity contribution in [3.8, 4) is 0 Å². The Kier molecular flexibility index (Phi) is 5.47. The molecule has 1 atom stereocenters. The fourth-order valence-electron chi connectivity index (χ4n) is 0.839. The van der Waals surface area contributed by atoms with Gasteiger partial charge in [-0.2, -0.15) is 0 Å². The maximum atomic E-state index is 10.5. The molecule has 0 saturated carbocycles. The lowest BCUT2D eigenvalue weighted by Gasteiger charge is -2.12. The van der Waals surface area contributed by atoms with E-state index in [1.807, 2.05) is 0 Å². The van der Waals surface area contributed by atoms with Crippen molar-refractivity contribution in [2.75, 3.05) is 6.16 Å². The first-order valence-electron chi connectivity index (χ1n) is 3.98. The van der Waals surface area contributed by atoms with Crippen LogP contribution in [0.1, 0.15) is 19.3 Å². The Labute approximate surface area is 81.6 Å². The number of hydrogen-bond donors (Lipinski definition) is 5. The van der Waals surface area contributed by atoms with Gasteiger partial charge >= 0.3 is 15.2 Å². The van der Waals surface area contributed by atoms with Crippen molar-refractivity contribution >= 4 is 15.2 Å². The fourth-order valence-corrected chi connectivity index (χ4v) is 1.99. The maximum absolute atomic E-state index is 10.5. The van der Waals surface area contributed by atoms with Crippen LogP contribution in [0.3, 0.4) is 0 Å². The van der Waals surface area contributed by atoms with E-state index in [1.165, 1.54) is 0 Å². The summed E-state index contributed by atoms with van der Waals surface area (Å²) in [5.41, 5.74) is 5.14. The molecule has 0 aliphatic carbocycles. The van der Waals surface area contributed by atoms with Crippen LogP contribution in [0.25, 0.3) is 0 Å². The molecule has 0 bridgehead atoms. The Morgan fingerprint density at radius 1 is 1.07 bits per heavy atom. The molecule has 0 heterocycles. The molecule has 0 aromatic rings. The monoisotopic (exact) mass is 247 g/mol. The molecular weight excluding hydrogens is 232 g/mol. The van der Waals surface area contributed by atoms with Crippen LogP contribution in [0.15, 0.2) is 0 Å². The van der Waals surface area contributed by atoms with E-state index in [0.717, 1.165) is 0 Å². The van der Waals surface area contributed by atoms with E-state index in [0.29, 0.717) is 0 Å². The molecule has 0 fully saturated rings. The third-order valence-corrected chi connectivity index (χ3v) is 3.65. The van der Waals surface area contributed by atoms with Crippen molar-refractivity contribution < 1.29 is 28.7 Å². The minimum absolute atomic E-state index is 0.0598. The lowest BCUT2D eigenvalue weighted by Crippen LogP contribution is -2.19. The Bertz CT molecular complexity index is 257. The van der Waals surface area contributed by atoms with Crippen LogP contribution in [-0.2, 0) is 9.13 Å². The molecule has 14 heavy (non-hydrogen) atoms. The van der Waals surface area contributed by atoms with Crippen molar-refractivity contribution in [1.82, 2.24) is 0 Å². The Balaban J connectivity index is 3.67. The molecular formula is C5H15NO6P2. The lowest BCUT2D eigenvalue weighted by molar-refractivity contribution is 0.353. The highest BCUT2D eigenvalue weighted by Crippen LogP contribution is 2.41. The number of unbranched alkanes of at least 4 members (excludes halogenated alkanes) is 1. The van der Waals surface area contributed by atoms with Crippen LogP contribution in [0, 0.1) is 0 Å². The van der Waals surface area contributed by atoms with Crippen molar-refractivity contribution in [1.29, 1.82) is 0 Å². The third kappa shape index (κ3) is 7.64. The summed E-state index contributed by atoms with van der Waals surface area (Å²) in [5.74, 6) is -1.24. The first kappa shape index (κ1) is 14.3. The Hall–Kier alpha value is 0.260. The van der Waals surface area contributed by atoms with Crippen LogP contribution < -0.4 is 5.73 Å². The quantitative estimate of drug-likeness (QED) is 0.323. The second-order valence-corrected chi connectivity index (χ2v) is 6.66. The maximum Gasteiger partial charge on any atom is 0.342 e. The molecule has 9 heteroatoms. The summed E-state index contributed by atoms with van der Waals surface area (Å²) in [7, 11) is -8.26. The van der Waals surface area contributed by atoms with Gasteiger partial charge in [0.25, 0.3) is 0 Å². The van der Waals surface area contributed by atoms with Crippen LogP contribution in [-0.4, -0.2) is 31.5 Å². The van der Waals surface area contributed by atoms with Gasteiger partial charge in [0.15, 0.2) is 0 Å². The molecule has 0 radical (unpaired) electrons. The van der Waals surface area contributed by atoms with Crippen LogP contribution in [0.2, 0.25) is 0 Å². The Morgan fingerprint density at radius 3 is 1.93 bits per heavy atom. The summed E-state index contributed by atoms with van der Waals surface area (Å²) in [4.78, 5) is 34.1. The average Bonchev–Trinajstić information content (AvgIpc) is 1.93. The zero-order chi connectivity index (χ0) is 11.4. The smallest absolute Gasteiger partial charge is 0.324 e. The van der Waals surface area contributed by atoms with Gasteiger partial charge in [-0.3, -0.25) is 9.13 Å². The fraction of sp³-hybridized carbons (Fsp3) is 1.00. The first-order valence-corrected chi connectivity index (χ1v) is 7.46. The van der Waals surface area contributed by atoms with Crippen LogP contribution in [0.4, 0.5) is 0 Å². The van der Waals surface area contributed by atoms with E-state index in [9.17, 15) is 9.13 Å². The number of nitrogens with two attached hydrogens (primary N) is 1. The van der Waals surface area contributed by atoms with E-state index in [4.69, 9.17) is 25.3 Å². The summed E-state index contributed by atoms with van der Waals surface area (Å²) in [6.07, 6.45) is 0.278. The normalized spacial score (nSPS) is 15.5. The Morgan fingerprint density at radius 2 is 1.57 bits per heavy atom. The highest BCUT2D eigenvalue weighted by Gasteiger charge is 2.24. The minimum atomic E-state index is -4.25. The zero-order valence-electron chi connectivity index (χ0n) is 7.48. The molecule has 1 unspecified atom stereocenters. The predicted molar refractivity (Wildman–Crippen MR) is 50.8 cm³/mol. The average molecular weight is 247 g/mol. The SMILES string of the molecule is NC(CCCCP(=O)(O)O)P(=O)(O)O. The molecule has 0 aliphatic rings. The second kappa shape index (κ2) is 5.37. The molecule has 0 saturated heterocycles. The van der Waals surface area contributed by atoms with Gasteiger partial charge in [-0.1, -0.05) is 6.42 Å². The van der Waals surface area contributed by atoms with Crippen molar-refractivity contribution in [2.24, 2.45) is 5.73 Å². The van der Waals surface area contributed by atoms with Gasteiger partial charge in [-0.25, -0.2) is 0 Å². The highest BCUT2D eigenvalue weighted by atomic mass is 31.2. The molecule has 0 spiro atoms.